The number of carbonyl (C=O) groups excluding carboxylic acids is 1. The van der Waals surface area contributed by atoms with E-state index in [0.717, 1.165) is 21.7 Å². The number of carboxylic acids is 1. The van der Waals surface area contributed by atoms with Gasteiger partial charge < -0.3 is 19.3 Å². The van der Waals surface area contributed by atoms with E-state index in [1.54, 1.807) is 41.7 Å². The lowest BCUT2D eigenvalue weighted by atomic mass is 9.82. The Morgan fingerprint density at radius 1 is 1.18 bits per heavy atom. The maximum Gasteiger partial charge on any atom is 0.411 e. The Morgan fingerprint density at radius 2 is 1.87 bits per heavy atom. The van der Waals surface area contributed by atoms with Crippen LogP contribution in [0, 0.1) is 12.3 Å². The minimum absolute atomic E-state index is 0.0575. The van der Waals surface area contributed by atoms with Gasteiger partial charge in [0.15, 0.2) is 0 Å². The zero-order chi connectivity index (χ0) is 28.9. The van der Waals surface area contributed by atoms with E-state index in [9.17, 15) is 14.7 Å². The summed E-state index contributed by atoms with van der Waals surface area (Å²) in [5.41, 5.74) is 1.51. The van der Waals surface area contributed by atoms with Crippen molar-refractivity contribution in [1.82, 2.24) is 14.9 Å². The molecule has 0 bridgehead atoms. The number of hydrogen-bond donors (Lipinski definition) is 1. The van der Waals surface area contributed by atoms with Crippen molar-refractivity contribution in [2.24, 2.45) is 5.41 Å². The first-order valence-electron chi connectivity index (χ1n) is 13.0. The van der Waals surface area contributed by atoms with E-state index >= 15 is 0 Å². The van der Waals surface area contributed by atoms with E-state index in [4.69, 9.17) is 24.2 Å². The fraction of sp³-hybridized carbons (Fsp3) is 0.517. The Kier molecular flexibility index (Phi) is 7.55. The van der Waals surface area contributed by atoms with Crippen molar-refractivity contribution in [2.45, 2.75) is 79.1 Å². The van der Waals surface area contributed by atoms with E-state index < -0.39 is 35.2 Å². The van der Waals surface area contributed by atoms with Crippen LogP contribution in [0.2, 0.25) is 0 Å². The number of rotatable bonds is 6. The SMILES string of the molecule is COc1ccc2c(O[C@H]3CN(C(=O)OC(C)(C)C)[C@H](C(=O)O)C3(C)C)cc(-c3nc(C(C)C)cs3)nc2c1C. The quantitative estimate of drug-likeness (QED) is 0.379. The third-order valence-corrected chi connectivity index (χ3v) is 7.92. The predicted octanol–water partition coefficient (Wildman–Crippen LogP) is 6.28. The molecule has 0 aliphatic carbocycles. The molecule has 3 heterocycles. The van der Waals surface area contributed by atoms with Gasteiger partial charge in [0.05, 0.1) is 24.9 Å². The molecule has 1 aliphatic heterocycles. The van der Waals surface area contributed by atoms with Gasteiger partial charge in [-0.3, -0.25) is 4.90 Å². The van der Waals surface area contributed by atoms with Crippen molar-refractivity contribution >= 4 is 34.3 Å². The van der Waals surface area contributed by atoms with Crippen LogP contribution in [0.1, 0.15) is 65.6 Å². The summed E-state index contributed by atoms with van der Waals surface area (Å²) < 4.78 is 17.7. The molecule has 2 atom stereocenters. The number of thiazole rings is 1. The van der Waals surface area contributed by atoms with E-state index in [-0.39, 0.29) is 12.5 Å². The number of aromatic nitrogens is 2. The van der Waals surface area contributed by atoms with Crippen LogP contribution in [-0.4, -0.2) is 63.4 Å². The summed E-state index contributed by atoms with van der Waals surface area (Å²) in [7, 11) is 1.61. The molecule has 1 amide bonds. The first-order chi connectivity index (χ1) is 18.1. The van der Waals surface area contributed by atoms with Gasteiger partial charge in [-0.05, 0) is 45.7 Å². The highest BCUT2D eigenvalue weighted by atomic mass is 32.1. The van der Waals surface area contributed by atoms with E-state index in [1.807, 2.05) is 30.5 Å². The fourth-order valence-electron chi connectivity index (χ4n) is 4.87. The van der Waals surface area contributed by atoms with Crippen molar-refractivity contribution < 1.29 is 28.9 Å². The molecule has 0 spiro atoms. The van der Waals surface area contributed by atoms with Gasteiger partial charge in [0, 0.05) is 27.8 Å². The standard InChI is InChI=1S/C29H37N3O6S/c1-15(2)19-14-39-25(31-19)18-12-21(17-10-11-20(36-9)16(3)23(17)30-18)37-22-13-32(27(35)38-28(4,5)6)24(26(33)34)29(22,7)8/h10-12,14-15,22,24H,13H2,1-9H3,(H,33,34)/t22-,24+/m0/s1. The highest BCUT2D eigenvalue weighted by Crippen LogP contribution is 2.43. The first kappa shape index (κ1) is 28.6. The topological polar surface area (TPSA) is 111 Å². The molecule has 210 valence electrons. The van der Waals surface area contributed by atoms with Crippen LogP contribution >= 0.6 is 11.3 Å². The molecular formula is C29H37N3O6S. The summed E-state index contributed by atoms with van der Waals surface area (Å²) in [6, 6.07) is 4.47. The molecule has 2 aromatic heterocycles. The number of methoxy groups -OCH3 is 1. The number of nitrogens with zero attached hydrogens (tertiary/aromatic N) is 3. The van der Waals surface area contributed by atoms with Crippen LogP contribution in [0.4, 0.5) is 4.79 Å². The summed E-state index contributed by atoms with van der Waals surface area (Å²) in [4.78, 5) is 36.4. The maximum atomic E-state index is 13.0. The second-order valence-corrected chi connectivity index (χ2v) is 12.7. The number of ether oxygens (including phenoxy) is 3. The van der Waals surface area contributed by atoms with Gasteiger partial charge in [-0.15, -0.1) is 11.3 Å². The summed E-state index contributed by atoms with van der Waals surface area (Å²) in [5.74, 6) is 0.402. The van der Waals surface area contributed by atoms with Crippen LogP contribution in [-0.2, 0) is 9.53 Å². The van der Waals surface area contributed by atoms with Crippen LogP contribution in [0.15, 0.2) is 23.6 Å². The molecule has 1 aliphatic rings. The molecule has 0 saturated carbocycles. The minimum atomic E-state index is -1.13. The molecule has 1 fully saturated rings. The van der Waals surface area contributed by atoms with Crippen LogP contribution in [0.5, 0.6) is 11.5 Å². The van der Waals surface area contributed by atoms with E-state index in [1.165, 1.54) is 16.2 Å². The Morgan fingerprint density at radius 3 is 2.44 bits per heavy atom. The minimum Gasteiger partial charge on any atom is -0.496 e. The van der Waals surface area contributed by atoms with Gasteiger partial charge in [0.1, 0.15) is 39.9 Å². The Bertz CT molecular complexity index is 1410. The molecule has 3 aromatic rings. The summed E-state index contributed by atoms with van der Waals surface area (Å²) >= 11 is 1.51. The van der Waals surface area contributed by atoms with Crippen molar-refractivity contribution in [3.05, 3.63) is 34.8 Å². The van der Waals surface area contributed by atoms with Crippen molar-refractivity contribution in [2.75, 3.05) is 13.7 Å². The number of carbonyl (C=O) groups is 2. The van der Waals surface area contributed by atoms with Gasteiger partial charge in [-0.2, -0.15) is 0 Å². The van der Waals surface area contributed by atoms with Gasteiger partial charge in [0.25, 0.3) is 0 Å². The summed E-state index contributed by atoms with van der Waals surface area (Å²) in [5, 5.41) is 13.7. The number of fused-ring (bicyclic) bond motifs is 1. The Labute approximate surface area is 233 Å². The zero-order valence-electron chi connectivity index (χ0n) is 24.0. The van der Waals surface area contributed by atoms with E-state index in [0.29, 0.717) is 22.7 Å². The fourth-order valence-corrected chi connectivity index (χ4v) is 5.81. The van der Waals surface area contributed by atoms with Gasteiger partial charge in [-0.1, -0.05) is 27.7 Å². The first-order valence-corrected chi connectivity index (χ1v) is 13.8. The lowest BCUT2D eigenvalue weighted by Crippen LogP contribution is -2.48. The van der Waals surface area contributed by atoms with E-state index in [2.05, 4.69) is 13.8 Å². The number of hydrogen-bond acceptors (Lipinski definition) is 8. The normalized spacial score (nSPS) is 19.0. The molecule has 1 saturated heterocycles. The lowest BCUT2D eigenvalue weighted by Gasteiger charge is -2.32. The number of pyridine rings is 1. The number of aliphatic carboxylic acids is 1. The number of carboxylic acid groups (broad SMARTS) is 1. The monoisotopic (exact) mass is 555 g/mol. The third-order valence-electron chi connectivity index (χ3n) is 7.04. The van der Waals surface area contributed by atoms with Crippen molar-refractivity contribution in [3.63, 3.8) is 0 Å². The molecule has 9 nitrogen and oxygen atoms in total. The Balaban J connectivity index is 1.81. The van der Waals surface area contributed by atoms with Gasteiger partial charge in [-0.25, -0.2) is 19.6 Å². The molecule has 39 heavy (non-hydrogen) atoms. The average molecular weight is 556 g/mol. The highest BCUT2D eigenvalue weighted by Gasteiger charge is 2.56. The smallest absolute Gasteiger partial charge is 0.411 e. The largest absolute Gasteiger partial charge is 0.496 e. The third kappa shape index (κ3) is 5.52. The second-order valence-electron chi connectivity index (χ2n) is 11.8. The molecule has 10 heteroatoms. The zero-order valence-corrected chi connectivity index (χ0v) is 24.8. The highest BCUT2D eigenvalue weighted by molar-refractivity contribution is 7.13. The van der Waals surface area contributed by atoms with Crippen molar-refractivity contribution in [3.8, 4) is 22.2 Å². The molecule has 4 rings (SSSR count). The summed E-state index contributed by atoms with van der Waals surface area (Å²) in [6.07, 6.45) is -1.31. The van der Waals surface area contributed by atoms with Crippen LogP contribution < -0.4 is 9.47 Å². The second kappa shape index (κ2) is 10.3. The Hall–Kier alpha value is -3.40. The van der Waals surface area contributed by atoms with Gasteiger partial charge in [0.2, 0.25) is 0 Å². The molecule has 0 unspecified atom stereocenters. The maximum absolute atomic E-state index is 13.0. The molecule has 1 aromatic carbocycles. The number of likely N-dealkylation sites (tertiary alicyclic amines) is 1. The van der Waals surface area contributed by atoms with Crippen LogP contribution in [0.3, 0.4) is 0 Å². The number of amides is 1. The number of aryl methyl sites for hydroxylation is 1. The van der Waals surface area contributed by atoms with Crippen molar-refractivity contribution in [1.29, 1.82) is 0 Å². The average Bonchev–Trinajstić information content (AvgIpc) is 3.42. The molecule has 0 radical (unpaired) electrons. The molecular weight excluding hydrogens is 518 g/mol. The van der Waals surface area contributed by atoms with Gasteiger partial charge >= 0.3 is 12.1 Å². The predicted molar refractivity (Wildman–Crippen MR) is 151 cm³/mol. The lowest BCUT2D eigenvalue weighted by molar-refractivity contribution is -0.145. The van der Waals surface area contributed by atoms with Crippen LogP contribution in [0.25, 0.3) is 21.6 Å². The number of benzene rings is 1. The summed E-state index contributed by atoms with van der Waals surface area (Å²) in [6.45, 7) is 15.0. The molecule has 1 N–H and O–H groups in total.